The first-order chi connectivity index (χ1) is 9.85. The van der Waals surface area contributed by atoms with Gasteiger partial charge in [0.25, 0.3) is 10.0 Å². The van der Waals surface area contributed by atoms with Crippen molar-refractivity contribution < 1.29 is 12.8 Å². The van der Waals surface area contributed by atoms with E-state index in [1.807, 2.05) is 0 Å². The standard InChI is InChI=1S/C15H17FN2O2S/c1-10-4-3-5-14(16)15(10)18-21(19,20)13-7-6-12(9-17)11(2)8-13/h3-8,18H,9,17H2,1-2H3. The van der Waals surface area contributed by atoms with Crippen LogP contribution in [-0.4, -0.2) is 8.42 Å². The average molecular weight is 308 g/mol. The van der Waals surface area contributed by atoms with Crippen LogP contribution in [0.1, 0.15) is 16.7 Å². The first-order valence-corrected chi connectivity index (χ1v) is 7.91. The van der Waals surface area contributed by atoms with Gasteiger partial charge in [-0.1, -0.05) is 18.2 Å². The monoisotopic (exact) mass is 308 g/mol. The van der Waals surface area contributed by atoms with Crippen LogP contribution in [0, 0.1) is 19.7 Å². The predicted octanol–water partition coefficient (Wildman–Crippen LogP) is 2.70. The number of halogens is 1. The Morgan fingerprint density at radius 1 is 1.14 bits per heavy atom. The Balaban J connectivity index is 2.41. The number of para-hydroxylation sites is 1. The third kappa shape index (κ3) is 3.22. The van der Waals surface area contributed by atoms with Crippen molar-refractivity contribution in [2.75, 3.05) is 4.72 Å². The number of benzene rings is 2. The van der Waals surface area contributed by atoms with E-state index in [1.54, 1.807) is 26.0 Å². The number of nitrogens with two attached hydrogens (primary N) is 1. The summed E-state index contributed by atoms with van der Waals surface area (Å²) in [5.74, 6) is -0.603. The third-order valence-electron chi connectivity index (χ3n) is 3.30. The smallest absolute Gasteiger partial charge is 0.262 e. The number of hydrogen-bond donors (Lipinski definition) is 2. The molecule has 4 nitrogen and oxygen atoms in total. The first-order valence-electron chi connectivity index (χ1n) is 6.42. The Hall–Kier alpha value is -1.92. The second-order valence-corrected chi connectivity index (χ2v) is 6.51. The summed E-state index contributed by atoms with van der Waals surface area (Å²) in [7, 11) is -3.84. The van der Waals surface area contributed by atoms with Crippen molar-refractivity contribution in [1.29, 1.82) is 0 Å². The molecule has 6 heteroatoms. The van der Waals surface area contributed by atoms with Gasteiger partial charge in [-0.3, -0.25) is 4.72 Å². The zero-order valence-corrected chi connectivity index (χ0v) is 12.7. The maximum absolute atomic E-state index is 13.8. The van der Waals surface area contributed by atoms with Crippen molar-refractivity contribution >= 4 is 15.7 Å². The van der Waals surface area contributed by atoms with Crippen molar-refractivity contribution in [3.05, 3.63) is 58.9 Å². The minimum atomic E-state index is -3.84. The lowest BCUT2D eigenvalue weighted by Gasteiger charge is -2.12. The molecule has 0 unspecified atom stereocenters. The topological polar surface area (TPSA) is 72.2 Å². The number of anilines is 1. The van der Waals surface area contributed by atoms with Gasteiger partial charge >= 0.3 is 0 Å². The minimum Gasteiger partial charge on any atom is -0.326 e. The Morgan fingerprint density at radius 2 is 1.86 bits per heavy atom. The molecule has 0 atom stereocenters. The second-order valence-electron chi connectivity index (χ2n) is 4.83. The lowest BCUT2D eigenvalue weighted by Crippen LogP contribution is -2.15. The molecule has 0 saturated carbocycles. The number of sulfonamides is 1. The Kier molecular flexibility index (Phi) is 4.29. The summed E-state index contributed by atoms with van der Waals surface area (Å²) in [5, 5.41) is 0. The molecule has 0 heterocycles. The Bertz CT molecular complexity index is 753. The summed E-state index contributed by atoms with van der Waals surface area (Å²) >= 11 is 0. The first kappa shape index (κ1) is 15.5. The van der Waals surface area contributed by atoms with Gasteiger partial charge in [-0.25, -0.2) is 12.8 Å². The molecule has 2 aromatic carbocycles. The Labute approximate surface area is 123 Å². The van der Waals surface area contributed by atoms with Gasteiger partial charge < -0.3 is 5.73 Å². The molecule has 0 saturated heterocycles. The Morgan fingerprint density at radius 3 is 2.43 bits per heavy atom. The fourth-order valence-corrected chi connectivity index (χ4v) is 3.24. The molecule has 2 rings (SSSR count). The van der Waals surface area contributed by atoms with E-state index in [9.17, 15) is 12.8 Å². The van der Waals surface area contributed by atoms with E-state index in [4.69, 9.17) is 5.73 Å². The normalized spacial score (nSPS) is 11.4. The van der Waals surface area contributed by atoms with Gasteiger partial charge in [-0.2, -0.15) is 0 Å². The molecular weight excluding hydrogens is 291 g/mol. The van der Waals surface area contributed by atoms with Gasteiger partial charge in [0.15, 0.2) is 0 Å². The van der Waals surface area contributed by atoms with Crippen molar-refractivity contribution in [2.24, 2.45) is 5.73 Å². The summed E-state index contributed by atoms with van der Waals surface area (Å²) in [6.45, 7) is 3.77. The molecule has 0 amide bonds. The summed E-state index contributed by atoms with van der Waals surface area (Å²) < 4.78 is 40.8. The van der Waals surface area contributed by atoms with E-state index in [1.165, 1.54) is 24.3 Å². The van der Waals surface area contributed by atoms with Crippen molar-refractivity contribution in [3.8, 4) is 0 Å². The molecule has 0 spiro atoms. The van der Waals surface area contributed by atoms with Crippen LogP contribution in [0.2, 0.25) is 0 Å². The molecule has 3 N–H and O–H groups in total. The van der Waals surface area contributed by atoms with E-state index in [0.29, 0.717) is 12.1 Å². The van der Waals surface area contributed by atoms with Crippen LogP contribution in [0.5, 0.6) is 0 Å². The van der Waals surface area contributed by atoms with Gasteiger partial charge in [-0.05, 0) is 48.7 Å². The third-order valence-corrected chi connectivity index (χ3v) is 4.65. The number of nitrogens with one attached hydrogen (secondary N) is 1. The van der Waals surface area contributed by atoms with Gasteiger partial charge in [0.1, 0.15) is 5.82 Å². The molecule has 0 aliphatic carbocycles. The molecule has 112 valence electrons. The fourth-order valence-electron chi connectivity index (χ4n) is 2.02. The van der Waals surface area contributed by atoms with Crippen molar-refractivity contribution in [2.45, 2.75) is 25.3 Å². The van der Waals surface area contributed by atoms with Crippen molar-refractivity contribution in [1.82, 2.24) is 0 Å². The second kappa shape index (κ2) is 5.83. The summed E-state index contributed by atoms with van der Waals surface area (Å²) in [5.41, 5.74) is 7.71. The van der Waals surface area contributed by atoms with Crippen LogP contribution in [0.4, 0.5) is 10.1 Å². The highest BCUT2D eigenvalue weighted by Gasteiger charge is 2.18. The zero-order valence-electron chi connectivity index (χ0n) is 11.9. The quantitative estimate of drug-likeness (QED) is 0.912. The van der Waals surface area contributed by atoms with Crippen LogP contribution < -0.4 is 10.5 Å². The highest BCUT2D eigenvalue weighted by molar-refractivity contribution is 7.92. The SMILES string of the molecule is Cc1cc(S(=O)(=O)Nc2c(C)cccc2F)ccc1CN. The molecule has 0 fully saturated rings. The molecule has 0 aliphatic heterocycles. The molecule has 0 aliphatic rings. The molecule has 2 aromatic rings. The predicted molar refractivity (Wildman–Crippen MR) is 81.0 cm³/mol. The number of rotatable bonds is 4. The van der Waals surface area contributed by atoms with Crippen LogP contribution in [-0.2, 0) is 16.6 Å². The van der Waals surface area contributed by atoms with Gasteiger partial charge in [0, 0.05) is 6.54 Å². The number of hydrogen-bond acceptors (Lipinski definition) is 3. The van der Waals surface area contributed by atoms with Crippen molar-refractivity contribution in [3.63, 3.8) is 0 Å². The van der Waals surface area contributed by atoms with E-state index < -0.39 is 15.8 Å². The summed E-state index contributed by atoms with van der Waals surface area (Å²) in [6.07, 6.45) is 0. The van der Waals surface area contributed by atoms with E-state index in [-0.39, 0.29) is 10.6 Å². The van der Waals surface area contributed by atoms with Gasteiger partial charge in [0.05, 0.1) is 10.6 Å². The molecule has 0 aromatic heterocycles. The van der Waals surface area contributed by atoms with Crippen LogP contribution in [0.3, 0.4) is 0 Å². The maximum Gasteiger partial charge on any atom is 0.262 e. The lowest BCUT2D eigenvalue weighted by molar-refractivity contribution is 0.598. The highest BCUT2D eigenvalue weighted by Crippen LogP contribution is 2.23. The van der Waals surface area contributed by atoms with Gasteiger partial charge in [-0.15, -0.1) is 0 Å². The van der Waals surface area contributed by atoms with Crippen LogP contribution >= 0.6 is 0 Å². The lowest BCUT2D eigenvalue weighted by atomic mass is 10.1. The molecule has 0 radical (unpaired) electrons. The molecular formula is C15H17FN2O2S. The van der Waals surface area contributed by atoms with E-state index in [0.717, 1.165) is 11.1 Å². The van der Waals surface area contributed by atoms with Crippen LogP contribution in [0.15, 0.2) is 41.3 Å². The van der Waals surface area contributed by atoms with Gasteiger partial charge in [0.2, 0.25) is 0 Å². The molecule has 0 bridgehead atoms. The maximum atomic E-state index is 13.8. The minimum absolute atomic E-state index is 0.0296. The summed E-state index contributed by atoms with van der Waals surface area (Å²) in [4.78, 5) is 0.0832. The largest absolute Gasteiger partial charge is 0.326 e. The average Bonchev–Trinajstić information content (AvgIpc) is 2.43. The van der Waals surface area contributed by atoms with Crippen LogP contribution in [0.25, 0.3) is 0 Å². The van der Waals surface area contributed by atoms with E-state index in [2.05, 4.69) is 4.72 Å². The zero-order chi connectivity index (χ0) is 15.6. The fraction of sp³-hybridized carbons (Fsp3) is 0.200. The molecule has 21 heavy (non-hydrogen) atoms. The number of aryl methyl sites for hydroxylation is 2. The van der Waals surface area contributed by atoms with E-state index >= 15 is 0 Å². The highest BCUT2D eigenvalue weighted by atomic mass is 32.2. The summed E-state index contributed by atoms with van der Waals surface area (Å²) in [6, 6.07) is 9.05.